The minimum Gasteiger partial charge on any atom is -0.351 e. The number of hydroxylamine groups is 3. The van der Waals surface area contributed by atoms with Crippen molar-refractivity contribution in [1.82, 2.24) is 10.5 Å². The fourth-order valence-electron chi connectivity index (χ4n) is 3.96. The summed E-state index contributed by atoms with van der Waals surface area (Å²) in [7, 11) is 0. The second kappa shape index (κ2) is 8.73. The monoisotopic (exact) mass is 421 g/mol. The molecule has 4 rings (SSSR count). The van der Waals surface area contributed by atoms with Gasteiger partial charge in [0, 0.05) is 30.9 Å². The highest BCUT2D eigenvalue weighted by atomic mass is 16.7. The van der Waals surface area contributed by atoms with Gasteiger partial charge in [0.25, 0.3) is 0 Å². The largest absolute Gasteiger partial charge is 0.430 e. The van der Waals surface area contributed by atoms with E-state index in [0.717, 1.165) is 30.6 Å². The zero-order valence-electron chi connectivity index (χ0n) is 18.5. The van der Waals surface area contributed by atoms with Crippen LogP contribution in [-0.4, -0.2) is 29.8 Å². The molecule has 1 spiro atoms. The van der Waals surface area contributed by atoms with E-state index in [1.165, 1.54) is 11.1 Å². The number of carbonyl (C=O) groups is 1. The molecule has 0 saturated carbocycles. The topological polar surface area (TPSA) is 62.8 Å². The molecule has 0 bridgehead atoms. The smallest absolute Gasteiger partial charge is 0.351 e. The summed E-state index contributed by atoms with van der Waals surface area (Å²) in [6.45, 7) is 7.73. The Morgan fingerprint density at radius 2 is 1.77 bits per heavy atom. The maximum absolute atomic E-state index is 12.3. The van der Waals surface area contributed by atoms with Crippen LogP contribution in [0.3, 0.4) is 0 Å². The average Bonchev–Trinajstić information content (AvgIpc) is 3.12. The van der Waals surface area contributed by atoms with Gasteiger partial charge in [-0.15, -0.1) is 5.06 Å². The number of amides is 1. The SMILES string of the molecule is CC(C)(C)c1ccc(NC(=O)ON2CCC3(C=C(Cc4ccccc4)NO3)CC2)cc1. The van der Waals surface area contributed by atoms with Gasteiger partial charge in [-0.2, -0.15) is 0 Å². The predicted octanol–water partition coefficient (Wildman–Crippen LogP) is 4.94. The van der Waals surface area contributed by atoms with E-state index in [4.69, 9.17) is 9.68 Å². The van der Waals surface area contributed by atoms with Crippen molar-refractivity contribution in [1.29, 1.82) is 0 Å². The molecule has 164 valence electrons. The number of allylic oxidation sites excluding steroid dienone is 1. The third kappa shape index (κ3) is 5.46. The molecule has 2 aromatic rings. The van der Waals surface area contributed by atoms with E-state index in [9.17, 15) is 4.79 Å². The summed E-state index contributed by atoms with van der Waals surface area (Å²) in [5.41, 5.74) is 7.11. The van der Waals surface area contributed by atoms with Crippen molar-refractivity contribution in [2.45, 2.75) is 51.0 Å². The van der Waals surface area contributed by atoms with E-state index in [2.05, 4.69) is 49.8 Å². The Labute approximate surface area is 184 Å². The van der Waals surface area contributed by atoms with Crippen molar-refractivity contribution < 1.29 is 14.5 Å². The van der Waals surface area contributed by atoms with Crippen LogP contribution in [0, 0.1) is 0 Å². The number of hydrogen-bond acceptors (Lipinski definition) is 5. The molecular weight excluding hydrogens is 390 g/mol. The number of piperidine rings is 1. The van der Waals surface area contributed by atoms with Gasteiger partial charge in [0.2, 0.25) is 0 Å². The predicted molar refractivity (Wildman–Crippen MR) is 121 cm³/mol. The minimum atomic E-state index is -0.467. The highest BCUT2D eigenvalue weighted by Gasteiger charge is 2.39. The Balaban J connectivity index is 1.26. The van der Waals surface area contributed by atoms with Crippen LogP contribution in [0.2, 0.25) is 0 Å². The van der Waals surface area contributed by atoms with E-state index in [0.29, 0.717) is 13.1 Å². The van der Waals surface area contributed by atoms with Crippen molar-refractivity contribution in [3.05, 3.63) is 77.5 Å². The second-order valence-electron chi connectivity index (χ2n) is 9.36. The summed E-state index contributed by atoms with van der Waals surface area (Å²) >= 11 is 0. The number of carbonyl (C=O) groups excluding carboxylic acids is 1. The molecule has 0 atom stereocenters. The van der Waals surface area contributed by atoms with Crippen LogP contribution < -0.4 is 10.8 Å². The molecule has 2 N–H and O–H groups in total. The van der Waals surface area contributed by atoms with Crippen LogP contribution in [0.25, 0.3) is 0 Å². The molecule has 1 amide bonds. The summed E-state index contributed by atoms with van der Waals surface area (Å²) in [4.78, 5) is 23.7. The Bertz CT molecular complexity index is 925. The van der Waals surface area contributed by atoms with Gasteiger partial charge in [0.1, 0.15) is 5.60 Å². The molecule has 0 aliphatic carbocycles. The van der Waals surface area contributed by atoms with E-state index in [-0.39, 0.29) is 11.0 Å². The van der Waals surface area contributed by atoms with Gasteiger partial charge in [-0.25, -0.2) is 4.79 Å². The molecule has 0 unspecified atom stereocenters. The molecule has 31 heavy (non-hydrogen) atoms. The zero-order chi connectivity index (χ0) is 21.9. The third-order valence-electron chi connectivity index (χ3n) is 5.84. The van der Waals surface area contributed by atoms with Crippen molar-refractivity contribution in [2.75, 3.05) is 18.4 Å². The molecule has 2 heterocycles. The van der Waals surface area contributed by atoms with Crippen molar-refractivity contribution in [3.63, 3.8) is 0 Å². The lowest BCUT2D eigenvalue weighted by molar-refractivity contribution is -0.154. The number of nitrogens with one attached hydrogen (secondary N) is 2. The quantitative estimate of drug-likeness (QED) is 0.732. The summed E-state index contributed by atoms with van der Waals surface area (Å²) in [5.74, 6) is 0. The number of hydrogen-bond donors (Lipinski definition) is 2. The molecule has 0 radical (unpaired) electrons. The number of anilines is 1. The highest BCUT2D eigenvalue weighted by Crippen LogP contribution is 2.33. The van der Waals surface area contributed by atoms with E-state index in [1.807, 2.05) is 42.5 Å². The fraction of sp³-hybridized carbons (Fsp3) is 0.400. The van der Waals surface area contributed by atoms with Crippen molar-refractivity contribution in [3.8, 4) is 0 Å². The average molecular weight is 422 g/mol. The van der Waals surface area contributed by atoms with Gasteiger partial charge >= 0.3 is 6.09 Å². The Morgan fingerprint density at radius 3 is 2.42 bits per heavy atom. The van der Waals surface area contributed by atoms with Crippen LogP contribution in [0.5, 0.6) is 0 Å². The van der Waals surface area contributed by atoms with E-state index >= 15 is 0 Å². The molecular formula is C25H31N3O3. The fourth-order valence-corrected chi connectivity index (χ4v) is 3.96. The summed E-state index contributed by atoms with van der Waals surface area (Å²) < 4.78 is 0. The lowest BCUT2D eigenvalue weighted by atomic mass is 9.87. The molecule has 2 aromatic carbocycles. The second-order valence-corrected chi connectivity index (χ2v) is 9.36. The Hall–Kier alpha value is -2.83. The van der Waals surface area contributed by atoms with E-state index < -0.39 is 6.09 Å². The van der Waals surface area contributed by atoms with Gasteiger partial charge in [0.05, 0.1) is 0 Å². The van der Waals surface area contributed by atoms with Crippen LogP contribution in [-0.2, 0) is 21.5 Å². The Morgan fingerprint density at radius 1 is 1.10 bits per heavy atom. The molecule has 6 heteroatoms. The third-order valence-corrected chi connectivity index (χ3v) is 5.84. The first-order valence-electron chi connectivity index (χ1n) is 10.9. The zero-order valence-corrected chi connectivity index (χ0v) is 18.5. The molecule has 2 aliphatic heterocycles. The molecule has 2 aliphatic rings. The van der Waals surface area contributed by atoms with Gasteiger partial charge in [0.15, 0.2) is 0 Å². The summed E-state index contributed by atoms with van der Waals surface area (Å²) in [6, 6.07) is 18.2. The first-order valence-corrected chi connectivity index (χ1v) is 10.9. The minimum absolute atomic E-state index is 0.0787. The van der Waals surface area contributed by atoms with E-state index in [1.54, 1.807) is 5.06 Å². The normalized spacial score (nSPS) is 18.4. The van der Waals surface area contributed by atoms with Crippen LogP contribution in [0.4, 0.5) is 10.5 Å². The first-order chi connectivity index (χ1) is 14.8. The Kier molecular flexibility index (Phi) is 6.03. The summed E-state index contributed by atoms with van der Waals surface area (Å²) in [5, 5.41) is 4.51. The van der Waals surface area contributed by atoms with Gasteiger partial charge in [-0.1, -0.05) is 63.2 Å². The summed E-state index contributed by atoms with van der Waals surface area (Å²) in [6.07, 6.45) is 4.05. The standard InChI is InChI=1S/C25H31N3O3/c1-24(2,3)20-9-11-21(12-10-20)26-23(29)30-28-15-13-25(14-16-28)18-22(27-31-25)17-19-7-5-4-6-8-19/h4-12,18,27H,13-17H2,1-3H3,(H,26,29). The number of nitrogens with zero attached hydrogens (tertiary/aromatic N) is 1. The van der Waals surface area contributed by atoms with Crippen LogP contribution >= 0.6 is 0 Å². The highest BCUT2D eigenvalue weighted by molar-refractivity contribution is 5.84. The van der Waals surface area contributed by atoms with Gasteiger partial charge < -0.3 is 4.84 Å². The van der Waals surface area contributed by atoms with Crippen LogP contribution in [0.15, 0.2) is 66.4 Å². The molecule has 6 nitrogen and oxygen atoms in total. The molecule has 1 fully saturated rings. The lowest BCUT2D eigenvalue weighted by Gasteiger charge is -2.35. The molecule has 0 aromatic heterocycles. The number of rotatable bonds is 4. The maximum atomic E-state index is 12.3. The van der Waals surface area contributed by atoms with Gasteiger partial charge in [-0.05, 0) is 47.6 Å². The lowest BCUT2D eigenvalue weighted by Crippen LogP contribution is -2.45. The maximum Gasteiger partial charge on any atom is 0.430 e. The number of benzene rings is 2. The van der Waals surface area contributed by atoms with Crippen LogP contribution in [0.1, 0.15) is 44.7 Å². The first kappa shape index (κ1) is 21.4. The van der Waals surface area contributed by atoms with Crippen molar-refractivity contribution in [2.24, 2.45) is 0 Å². The van der Waals surface area contributed by atoms with Crippen molar-refractivity contribution >= 4 is 11.8 Å². The molecule has 1 saturated heterocycles. The van der Waals surface area contributed by atoms with Gasteiger partial charge in [-0.3, -0.25) is 15.6 Å².